The first kappa shape index (κ1) is 20.2. The number of fused-ring (bicyclic) bond motifs is 1. The molecule has 1 aromatic carbocycles. The zero-order chi connectivity index (χ0) is 20.5. The van der Waals surface area contributed by atoms with E-state index in [1.165, 1.54) is 0 Å². The predicted octanol–water partition coefficient (Wildman–Crippen LogP) is 4.03. The molecule has 0 saturated carbocycles. The van der Waals surface area contributed by atoms with Crippen molar-refractivity contribution in [2.45, 2.75) is 38.3 Å². The van der Waals surface area contributed by atoms with Crippen molar-refractivity contribution in [2.24, 2.45) is 0 Å². The number of benzene rings is 1. The molecule has 148 valence electrons. The van der Waals surface area contributed by atoms with Gasteiger partial charge in [0.2, 0.25) is 11.9 Å². The third-order valence-corrected chi connectivity index (χ3v) is 4.59. The highest BCUT2D eigenvalue weighted by Crippen LogP contribution is 2.30. The lowest BCUT2D eigenvalue weighted by atomic mass is 9.91. The molecule has 0 aliphatic rings. The maximum Gasteiger partial charge on any atom is 0.230 e. The number of anilines is 1. The van der Waals surface area contributed by atoms with E-state index in [1.807, 2.05) is 20.8 Å². The minimum Gasteiger partial charge on any atom is -0.382 e. The van der Waals surface area contributed by atoms with E-state index < -0.39 is 30.1 Å². The van der Waals surface area contributed by atoms with Crippen molar-refractivity contribution in [3.05, 3.63) is 53.2 Å². The summed E-state index contributed by atoms with van der Waals surface area (Å²) < 4.78 is 15.4. The second-order valence-corrected chi connectivity index (χ2v) is 8.06. The Hall–Kier alpha value is -2.51. The molecule has 28 heavy (non-hydrogen) atoms. The minimum atomic E-state index is -1.91. The molecule has 1 amide bonds. The van der Waals surface area contributed by atoms with Gasteiger partial charge in [-0.1, -0.05) is 41.9 Å². The Labute approximate surface area is 167 Å². The molecule has 8 heteroatoms. The molecule has 2 aromatic heterocycles. The third-order valence-electron chi connectivity index (χ3n) is 4.38. The van der Waals surface area contributed by atoms with E-state index in [2.05, 4.69) is 15.3 Å². The highest BCUT2D eigenvalue weighted by Gasteiger charge is 2.33. The molecule has 3 aromatic rings. The van der Waals surface area contributed by atoms with Gasteiger partial charge in [-0.3, -0.25) is 14.7 Å². The molecule has 0 radical (unpaired) electrons. The SMILES string of the molecule is CC(C)(C)n1c(NC(=O)CC(O)(CF)c2ccccc2)nc2ccc(Cl)nc21. The van der Waals surface area contributed by atoms with E-state index in [1.54, 1.807) is 47.0 Å². The number of hydrogen-bond donors (Lipinski definition) is 2. The van der Waals surface area contributed by atoms with Gasteiger partial charge in [0.15, 0.2) is 5.65 Å². The lowest BCUT2D eigenvalue weighted by molar-refractivity contribution is -0.122. The van der Waals surface area contributed by atoms with Crippen LogP contribution in [0.2, 0.25) is 5.15 Å². The Morgan fingerprint density at radius 2 is 1.86 bits per heavy atom. The largest absolute Gasteiger partial charge is 0.382 e. The van der Waals surface area contributed by atoms with Crippen molar-refractivity contribution in [2.75, 3.05) is 12.0 Å². The first-order valence-corrected chi connectivity index (χ1v) is 9.21. The molecule has 6 nitrogen and oxygen atoms in total. The lowest BCUT2D eigenvalue weighted by Crippen LogP contribution is -2.34. The fourth-order valence-electron chi connectivity index (χ4n) is 3.06. The summed E-state index contributed by atoms with van der Waals surface area (Å²) in [5.41, 5.74) is -0.931. The maximum atomic E-state index is 13.6. The summed E-state index contributed by atoms with van der Waals surface area (Å²) in [6, 6.07) is 11.6. The Kier molecular flexibility index (Phi) is 5.41. The van der Waals surface area contributed by atoms with Gasteiger partial charge in [-0.2, -0.15) is 0 Å². The average Bonchev–Trinajstić information content (AvgIpc) is 2.99. The maximum absolute atomic E-state index is 13.6. The van der Waals surface area contributed by atoms with Gasteiger partial charge in [-0.15, -0.1) is 0 Å². The van der Waals surface area contributed by atoms with Gasteiger partial charge in [0, 0.05) is 5.54 Å². The smallest absolute Gasteiger partial charge is 0.230 e. The average molecular weight is 405 g/mol. The van der Waals surface area contributed by atoms with Crippen molar-refractivity contribution in [1.82, 2.24) is 14.5 Å². The van der Waals surface area contributed by atoms with E-state index in [0.29, 0.717) is 21.9 Å². The van der Waals surface area contributed by atoms with Crippen molar-refractivity contribution >= 4 is 34.6 Å². The number of nitrogens with zero attached hydrogens (tertiary/aromatic N) is 3. The first-order valence-electron chi connectivity index (χ1n) is 8.83. The van der Waals surface area contributed by atoms with Gasteiger partial charge in [-0.25, -0.2) is 14.4 Å². The van der Waals surface area contributed by atoms with Crippen molar-refractivity contribution in [1.29, 1.82) is 0 Å². The lowest BCUT2D eigenvalue weighted by Gasteiger charge is -2.26. The number of halogens is 2. The standard InChI is InChI=1S/C20H22ClFN4O2/c1-19(2,3)26-17-14(9-10-15(21)24-17)23-18(26)25-16(27)11-20(28,12-22)13-7-5-4-6-8-13/h4-10,28H,11-12H2,1-3H3,(H,23,25,27). The normalized spacial score (nSPS) is 14.1. The van der Waals surface area contributed by atoms with E-state index >= 15 is 0 Å². The van der Waals surface area contributed by atoms with Crippen LogP contribution in [0.4, 0.5) is 10.3 Å². The zero-order valence-corrected chi connectivity index (χ0v) is 16.7. The number of pyridine rings is 1. The second-order valence-electron chi connectivity index (χ2n) is 7.67. The minimum absolute atomic E-state index is 0.261. The fourth-order valence-corrected chi connectivity index (χ4v) is 3.21. The number of amides is 1. The number of nitrogens with one attached hydrogen (secondary N) is 1. The number of carbonyl (C=O) groups is 1. The highest BCUT2D eigenvalue weighted by atomic mass is 35.5. The number of alkyl halides is 1. The van der Waals surface area contributed by atoms with Crippen LogP contribution in [0.3, 0.4) is 0 Å². The van der Waals surface area contributed by atoms with Gasteiger partial charge >= 0.3 is 0 Å². The number of imidazole rings is 1. The van der Waals surface area contributed by atoms with Crippen LogP contribution in [0, 0.1) is 0 Å². The Morgan fingerprint density at radius 1 is 1.18 bits per heavy atom. The Balaban J connectivity index is 1.93. The van der Waals surface area contributed by atoms with Crippen LogP contribution < -0.4 is 5.32 Å². The number of rotatable bonds is 5. The molecule has 3 rings (SSSR count). The molecular formula is C20H22ClFN4O2. The monoisotopic (exact) mass is 404 g/mol. The molecule has 2 heterocycles. The Bertz CT molecular complexity index is 1000. The Morgan fingerprint density at radius 3 is 2.46 bits per heavy atom. The molecule has 0 fully saturated rings. The second kappa shape index (κ2) is 7.48. The van der Waals surface area contributed by atoms with E-state index in [-0.39, 0.29) is 5.95 Å². The molecule has 1 unspecified atom stereocenters. The number of carbonyl (C=O) groups excluding carboxylic acids is 1. The number of aliphatic hydroxyl groups is 1. The zero-order valence-electron chi connectivity index (χ0n) is 15.9. The van der Waals surface area contributed by atoms with Crippen molar-refractivity contribution < 1.29 is 14.3 Å². The summed E-state index contributed by atoms with van der Waals surface area (Å²) in [6.07, 6.45) is -0.449. The molecule has 0 aliphatic carbocycles. The van der Waals surface area contributed by atoms with Crippen molar-refractivity contribution in [3.63, 3.8) is 0 Å². The molecule has 0 saturated heterocycles. The van der Waals surface area contributed by atoms with Crippen LogP contribution in [0.25, 0.3) is 11.2 Å². The van der Waals surface area contributed by atoms with Crippen LogP contribution in [0.1, 0.15) is 32.8 Å². The molecule has 0 bridgehead atoms. The summed E-state index contributed by atoms with van der Waals surface area (Å²) in [7, 11) is 0. The van der Waals surface area contributed by atoms with Gasteiger partial charge < -0.3 is 5.11 Å². The summed E-state index contributed by atoms with van der Waals surface area (Å²) in [5, 5.41) is 13.7. The van der Waals surface area contributed by atoms with Crippen LogP contribution >= 0.6 is 11.6 Å². The quantitative estimate of drug-likeness (QED) is 0.629. The van der Waals surface area contributed by atoms with Gasteiger partial charge in [0.1, 0.15) is 22.9 Å². The fraction of sp³-hybridized carbons (Fsp3) is 0.350. The summed E-state index contributed by atoms with van der Waals surface area (Å²) >= 11 is 6.02. The summed E-state index contributed by atoms with van der Waals surface area (Å²) in [6.45, 7) is 4.73. The highest BCUT2D eigenvalue weighted by molar-refractivity contribution is 6.29. The molecule has 2 N–H and O–H groups in total. The summed E-state index contributed by atoms with van der Waals surface area (Å²) in [5.74, 6) is -0.299. The van der Waals surface area contributed by atoms with Crippen LogP contribution in [0.5, 0.6) is 0 Å². The topological polar surface area (TPSA) is 80.0 Å². The van der Waals surface area contributed by atoms with Gasteiger partial charge in [0.25, 0.3) is 0 Å². The molecule has 0 spiro atoms. The van der Waals surface area contributed by atoms with E-state index in [9.17, 15) is 14.3 Å². The van der Waals surface area contributed by atoms with Crippen LogP contribution in [0.15, 0.2) is 42.5 Å². The number of aromatic nitrogens is 3. The van der Waals surface area contributed by atoms with Gasteiger partial charge in [0.05, 0.1) is 6.42 Å². The number of hydrogen-bond acceptors (Lipinski definition) is 4. The third kappa shape index (κ3) is 4.00. The van der Waals surface area contributed by atoms with Crippen LogP contribution in [-0.2, 0) is 15.9 Å². The molecular weight excluding hydrogens is 383 g/mol. The molecule has 1 atom stereocenters. The summed E-state index contributed by atoms with van der Waals surface area (Å²) in [4.78, 5) is 21.4. The first-order chi connectivity index (χ1) is 13.1. The predicted molar refractivity (Wildman–Crippen MR) is 107 cm³/mol. The van der Waals surface area contributed by atoms with Crippen molar-refractivity contribution in [3.8, 4) is 0 Å². The van der Waals surface area contributed by atoms with Gasteiger partial charge in [-0.05, 0) is 38.5 Å². The van der Waals surface area contributed by atoms with E-state index in [4.69, 9.17) is 11.6 Å². The van der Waals surface area contributed by atoms with Crippen LogP contribution in [-0.4, -0.2) is 32.2 Å². The molecule has 0 aliphatic heterocycles. The van der Waals surface area contributed by atoms with E-state index in [0.717, 1.165) is 0 Å².